The highest BCUT2D eigenvalue weighted by atomic mass is 16.6. The van der Waals surface area contributed by atoms with E-state index in [0.29, 0.717) is 19.6 Å². The van der Waals surface area contributed by atoms with Crippen LogP contribution in [0.3, 0.4) is 0 Å². The molecule has 0 saturated heterocycles. The molecule has 2 atom stereocenters. The number of aliphatic hydroxyl groups is 2. The topological polar surface area (TPSA) is 82.0 Å². The number of amides is 1. The second kappa shape index (κ2) is 21.4. The molecular weight excluding hydrogens is 428 g/mol. The zero-order valence-corrected chi connectivity index (χ0v) is 23.2. The van der Waals surface area contributed by atoms with Crippen LogP contribution in [0.5, 0.6) is 0 Å². The molecule has 0 rings (SSSR count). The third-order valence-electron chi connectivity index (χ3n) is 6.04. The van der Waals surface area contributed by atoms with Crippen molar-refractivity contribution < 1.29 is 19.7 Å². The monoisotopic (exact) mass is 486 g/mol. The molecule has 0 aromatic heterocycles. The molecule has 34 heavy (non-hydrogen) atoms. The summed E-state index contributed by atoms with van der Waals surface area (Å²) in [5.74, 6) is 0. The Bertz CT molecular complexity index is 444. The predicted octanol–water partition coefficient (Wildman–Crippen LogP) is 6.43. The third-order valence-corrected chi connectivity index (χ3v) is 6.04. The Kier molecular flexibility index (Phi) is 20.9. The molecule has 6 nitrogen and oxygen atoms in total. The van der Waals surface area contributed by atoms with Crippen molar-refractivity contribution in [2.45, 2.75) is 149 Å². The summed E-state index contributed by atoms with van der Waals surface area (Å²) in [4.78, 5) is 14.0. The van der Waals surface area contributed by atoms with Crippen LogP contribution in [-0.4, -0.2) is 65.2 Å². The minimum Gasteiger partial charge on any atom is -0.444 e. The van der Waals surface area contributed by atoms with Gasteiger partial charge in [-0.05, 0) is 40.0 Å². The van der Waals surface area contributed by atoms with Crippen LogP contribution in [0, 0.1) is 0 Å². The molecule has 0 bridgehead atoms. The Morgan fingerprint density at radius 2 is 1.21 bits per heavy atom. The average Bonchev–Trinajstić information content (AvgIpc) is 2.74. The van der Waals surface area contributed by atoms with Crippen molar-refractivity contribution in [3.8, 4) is 0 Å². The van der Waals surface area contributed by atoms with Gasteiger partial charge in [0.2, 0.25) is 0 Å². The summed E-state index contributed by atoms with van der Waals surface area (Å²) in [6.45, 7) is 12.4. The predicted molar refractivity (Wildman–Crippen MR) is 143 cm³/mol. The zero-order valence-electron chi connectivity index (χ0n) is 23.2. The van der Waals surface area contributed by atoms with Gasteiger partial charge >= 0.3 is 6.09 Å². The Hall–Kier alpha value is -0.850. The number of carbonyl (C=O) groups excluding carboxylic acids is 1. The van der Waals surface area contributed by atoms with E-state index in [0.717, 1.165) is 38.6 Å². The summed E-state index contributed by atoms with van der Waals surface area (Å²) in [6, 6.07) is 0. The molecule has 3 N–H and O–H groups in total. The molecule has 0 fully saturated rings. The number of unbranched alkanes of at least 4 members (excludes halogenated alkanes) is 10. The highest BCUT2D eigenvalue weighted by Gasteiger charge is 2.17. The smallest absolute Gasteiger partial charge is 0.407 e. The van der Waals surface area contributed by atoms with Gasteiger partial charge in [-0.25, -0.2) is 4.79 Å². The first-order valence-corrected chi connectivity index (χ1v) is 14.2. The molecule has 1 amide bonds. The second-order valence-electron chi connectivity index (χ2n) is 11.0. The van der Waals surface area contributed by atoms with E-state index in [1.807, 2.05) is 20.8 Å². The van der Waals surface area contributed by atoms with E-state index in [1.165, 1.54) is 64.2 Å². The van der Waals surface area contributed by atoms with Gasteiger partial charge in [-0.1, -0.05) is 90.9 Å². The molecule has 0 aliphatic heterocycles. The molecule has 0 saturated carbocycles. The lowest BCUT2D eigenvalue weighted by atomic mass is 10.1. The van der Waals surface area contributed by atoms with Crippen molar-refractivity contribution in [1.82, 2.24) is 10.2 Å². The maximum Gasteiger partial charge on any atom is 0.407 e. The largest absolute Gasteiger partial charge is 0.444 e. The summed E-state index contributed by atoms with van der Waals surface area (Å²) in [5, 5.41) is 24.0. The summed E-state index contributed by atoms with van der Waals surface area (Å²) >= 11 is 0. The Morgan fingerprint density at radius 1 is 0.765 bits per heavy atom. The van der Waals surface area contributed by atoms with E-state index >= 15 is 0 Å². The summed E-state index contributed by atoms with van der Waals surface area (Å²) < 4.78 is 5.29. The van der Waals surface area contributed by atoms with Crippen molar-refractivity contribution in [3.05, 3.63) is 0 Å². The molecular formula is C28H58N2O4. The number of carbonyl (C=O) groups is 1. The van der Waals surface area contributed by atoms with Crippen molar-refractivity contribution in [2.75, 3.05) is 26.2 Å². The van der Waals surface area contributed by atoms with Crippen LogP contribution >= 0.6 is 0 Å². The van der Waals surface area contributed by atoms with E-state index in [-0.39, 0.29) is 12.2 Å². The molecule has 0 aromatic rings. The maximum atomic E-state index is 11.9. The fraction of sp³-hybridized carbons (Fsp3) is 0.964. The SMILES string of the molecule is CCCCCCCCC(O)CN(CCCNC(=O)OC(C)(C)C)CC(O)CCCCCCCC. The Balaban J connectivity index is 4.39. The first-order chi connectivity index (χ1) is 16.2. The fourth-order valence-corrected chi connectivity index (χ4v) is 4.16. The highest BCUT2D eigenvalue weighted by Crippen LogP contribution is 2.12. The Labute approximate surface area is 211 Å². The van der Waals surface area contributed by atoms with E-state index < -0.39 is 11.7 Å². The van der Waals surface area contributed by atoms with Crippen molar-refractivity contribution in [3.63, 3.8) is 0 Å². The molecule has 0 aliphatic carbocycles. The lowest BCUT2D eigenvalue weighted by Gasteiger charge is -2.27. The number of nitrogens with zero attached hydrogens (tertiary/aromatic N) is 1. The van der Waals surface area contributed by atoms with Gasteiger partial charge in [0.05, 0.1) is 12.2 Å². The van der Waals surface area contributed by atoms with Crippen LogP contribution in [0.15, 0.2) is 0 Å². The van der Waals surface area contributed by atoms with Crippen LogP contribution in [0.2, 0.25) is 0 Å². The van der Waals surface area contributed by atoms with Crippen LogP contribution in [0.1, 0.15) is 131 Å². The van der Waals surface area contributed by atoms with Crippen molar-refractivity contribution in [2.24, 2.45) is 0 Å². The van der Waals surface area contributed by atoms with Gasteiger partial charge in [0, 0.05) is 26.2 Å². The summed E-state index contributed by atoms with van der Waals surface area (Å²) in [6.07, 6.45) is 15.9. The quantitative estimate of drug-likeness (QED) is 0.154. The minimum absolute atomic E-state index is 0.369. The number of hydrogen-bond acceptors (Lipinski definition) is 5. The molecule has 2 unspecified atom stereocenters. The van der Waals surface area contributed by atoms with Gasteiger partial charge in [0.25, 0.3) is 0 Å². The second-order valence-corrected chi connectivity index (χ2v) is 11.0. The highest BCUT2D eigenvalue weighted by molar-refractivity contribution is 5.67. The van der Waals surface area contributed by atoms with Gasteiger partial charge in [-0.15, -0.1) is 0 Å². The number of alkyl carbamates (subject to hydrolysis) is 1. The first kappa shape index (κ1) is 33.1. The molecule has 204 valence electrons. The van der Waals surface area contributed by atoms with Gasteiger partial charge in [-0.2, -0.15) is 0 Å². The number of aliphatic hydroxyl groups excluding tert-OH is 2. The molecule has 0 aromatic carbocycles. The molecule has 0 radical (unpaired) electrons. The van der Waals surface area contributed by atoms with Crippen molar-refractivity contribution in [1.29, 1.82) is 0 Å². The standard InChI is InChI=1S/C28H58N2O4/c1-6-8-10-12-14-16-19-25(31)23-30(22-18-21-29-27(33)34-28(3,4)5)24-26(32)20-17-15-13-11-9-7-2/h25-26,31-32H,6-24H2,1-5H3,(H,29,33). The number of nitrogens with one attached hydrogen (secondary N) is 1. The lowest BCUT2D eigenvalue weighted by molar-refractivity contribution is 0.0501. The van der Waals surface area contributed by atoms with Gasteiger partial charge in [0.1, 0.15) is 5.60 Å². The van der Waals surface area contributed by atoms with Gasteiger partial charge in [-0.3, -0.25) is 4.90 Å². The third kappa shape index (κ3) is 22.9. The van der Waals surface area contributed by atoms with Crippen LogP contribution in [-0.2, 0) is 4.74 Å². The average molecular weight is 487 g/mol. The summed E-state index contributed by atoms with van der Waals surface area (Å²) in [7, 11) is 0. The molecule has 6 heteroatoms. The van der Waals surface area contributed by atoms with Crippen molar-refractivity contribution >= 4 is 6.09 Å². The molecule has 0 aliphatic rings. The fourth-order valence-electron chi connectivity index (χ4n) is 4.16. The van der Waals surface area contributed by atoms with Gasteiger partial charge < -0.3 is 20.3 Å². The number of hydrogen-bond donors (Lipinski definition) is 3. The maximum absolute atomic E-state index is 11.9. The Morgan fingerprint density at radius 3 is 1.65 bits per heavy atom. The summed E-state index contributed by atoms with van der Waals surface area (Å²) in [5.41, 5.74) is -0.503. The first-order valence-electron chi connectivity index (χ1n) is 14.2. The number of ether oxygens (including phenoxy) is 1. The minimum atomic E-state index is -0.503. The number of rotatable bonds is 22. The van der Waals surface area contributed by atoms with E-state index in [9.17, 15) is 15.0 Å². The van der Waals surface area contributed by atoms with E-state index in [2.05, 4.69) is 24.1 Å². The van der Waals surface area contributed by atoms with Gasteiger partial charge in [0.15, 0.2) is 0 Å². The lowest BCUT2D eigenvalue weighted by Crippen LogP contribution is -2.40. The van der Waals surface area contributed by atoms with E-state index in [1.54, 1.807) is 0 Å². The van der Waals surface area contributed by atoms with Crippen LogP contribution < -0.4 is 5.32 Å². The van der Waals surface area contributed by atoms with E-state index in [4.69, 9.17) is 4.74 Å². The molecule has 0 spiro atoms. The zero-order chi connectivity index (χ0) is 25.7. The van der Waals surface area contributed by atoms with Crippen LogP contribution in [0.25, 0.3) is 0 Å². The molecule has 0 heterocycles. The van der Waals surface area contributed by atoms with Crippen LogP contribution in [0.4, 0.5) is 4.79 Å². The normalized spacial score (nSPS) is 13.8.